The Kier molecular flexibility index (Phi) is 15.9. The molecule has 0 aliphatic carbocycles. The molecular weight excluding hydrogens is 496 g/mol. The fourth-order valence-electron chi connectivity index (χ4n) is 6.68. The first-order chi connectivity index (χ1) is 20.2. The lowest BCUT2D eigenvalue weighted by atomic mass is 9.70. The summed E-state index contributed by atoms with van der Waals surface area (Å²) in [5.41, 5.74) is 2.90. The average Bonchev–Trinajstić information content (AvgIpc) is 3.47. The average molecular weight is 558 g/mol. The van der Waals surface area contributed by atoms with E-state index < -0.39 is 0 Å². The van der Waals surface area contributed by atoms with Gasteiger partial charge in [-0.1, -0.05) is 165 Å². The van der Waals surface area contributed by atoms with Crippen LogP contribution in [-0.2, 0) is 18.4 Å². The van der Waals surface area contributed by atoms with Crippen LogP contribution in [0.3, 0.4) is 0 Å². The number of imidazole rings is 1. The Hall–Kier alpha value is -2.35. The summed E-state index contributed by atoms with van der Waals surface area (Å²) >= 11 is 0. The van der Waals surface area contributed by atoms with Crippen molar-refractivity contribution in [2.75, 3.05) is 0 Å². The Morgan fingerprint density at radius 1 is 0.634 bits per heavy atom. The predicted molar refractivity (Wildman–Crippen MR) is 177 cm³/mol. The van der Waals surface area contributed by atoms with E-state index >= 15 is 0 Å². The van der Waals surface area contributed by atoms with Crippen molar-refractivity contribution in [3.05, 3.63) is 90.5 Å². The van der Waals surface area contributed by atoms with Crippen molar-refractivity contribution < 1.29 is 4.57 Å². The molecule has 0 spiro atoms. The van der Waals surface area contributed by atoms with Gasteiger partial charge in [0.15, 0.2) is 0 Å². The molecule has 0 aliphatic rings. The summed E-state index contributed by atoms with van der Waals surface area (Å²) in [6.07, 6.45) is 31.4. The zero-order chi connectivity index (χ0) is 29.0. The standard InChI is InChI=1S/C39H61N2/c1-4-6-8-10-11-12-13-14-15-16-17-24-30-38(41-33-32-40(35-41)31-25-9-7-5-2)39(3,37-28-22-19-23-29-37)34-36-26-20-18-21-27-36/h18-23,26-29,32-33,35,38H,4-17,24-25,30-31,34H2,1-3H3/q+1. The highest BCUT2D eigenvalue weighted by Crippen LogP contribution is 2.41. The number of unbranched alkanes of at least 4 members (excludes halogenated alkanes) is 14. The Morgan fingerprint density at radius 3 is 1.73 bits per heavy atom. The number of aryl methyl sites for hydroxylation is 1. The van der Waals surface area contributed by atoms with Crippen LogP contribution in [0.1, 0.15) is 147 Å². The first kappa shape index (κ1) is 33.2. The predicted octanol–water partition coefficient (Wildman–Crippen LogP) is 11.2. The third kappa shape index (κ3) is 11.8. The monoisotopic (exact) mass is 557 g/mol. The fourth-order valence-corrected chi connectivity index (χ4v) is 6.68. The van der Waals surface area contributed by atoms with Gasteiger partial charge in [-0.2, -0.15) is 0 Å². The molecule has 2 unspecified atom stereocenters. The molecule has 226 valence electrons. The second kappa shape index (κ2) is 19.7. The molecule has 0 bridgehead atoms. The summed E-state index contributed by atoms with van der Waals surface area (Å²) in [6, 6.07) is 22.9. The molecule has 0 amide bonds. The van der Waals surface area contributed by atoms with Crippen LogP contribution >= 0.6 is 0 Å². The number of hydrogen-bond acceptors (Lipinski definition) is 0. The summed E-state index contributed by atoms with van der Waals surface area (Å²) < 4.78 is 4.99. The van der Waals surface area contributed by atoms with E-state index in [1.54, 1.807) is 0 Å². The van der Waals surface area contributed by atoms with Crippen LogP contribution in [0, 0.1) is 0 Å². The smallest absolute Gasteiger partial charge is 0.237 e. The fraction of sp³-hybridized carbons (Fsp3) is 0.615. The summed E-state index contributed by atoms with van der Waals surface area (Å²) in [5, 5.41) is 0. The summed E-state index contributed by atoms with van der Waals surface area (Å²) in [4.78, 5) is 0. The van der Waals surface area contributed by atoms with Crippen molar-refractivity contribution in [3.8, 4) is 0 Å². The van der Waals surface area contributed by atoms with E-state index in [4.69, 9.17) is 0 Å². The quantitative estimate of drug-likeness (QED) is 0.0810. The molecule has 3 rings (SSSR count). The number of rotatable bonds is 23. The molecule has 0 radical (unpaired) electrons. The van der Waals surface area contributed by atoms with Crippen LogP contribution in [-0.4, -0.2) is 4.57 Å². The van der Waals surface area contributed by atoms with Gasteiger partial charge in [0.1, 0.15) is 18.4 Å². The van der Waals surface area contributed by atoms with Crippen molar-refractivity contribution in [3.63, 3.8) is 0 Å². The molecule has 41 heavy (non-hydrogen) atoms. The Bertz CT molecular complexity index is 1020. The highest BCUT2D eigenvalue weighted by molar-refractivity contribution is 5.30. The minimum Gasteiger partial charge on any atom is -0.237 e. The molecular formula is C39H61N2+. The maximum Gasteiger partial charge on any atom is 0.244 e. The third-order valence-electron chi connectivity index (χ3n) is 9.26. The summed E-state index contributed by atoms with van der Waals surface area (Å²) in [5.74, 6) is 0. The van der Waals surface area contributed by atoms with Crippen molar-refractivity contribution in [2.45, 2.75) is 154 Å². The van der Waals surface area contributed by atoms with Gasteiger partial charge in [0.05, 0.1) is 6.54 Å². The first-order valence-corrected chi connectivity index (χ1v) is 17.3. The van der Waals surface area contributed by atoms with Gasteiger partial charge in [0, 0.05) is 5.41 Å². The van der Waals surface area contributed by atoms with Gasteiger partial charge in [0.2, 0.25) is 6.33 Å². The van der Waals surface area contributed by atoms with Crippen LogP contribution in [0.25, 0.3) is 0 Å². The van der Waals surface area contributed by atoms with Crippen molar-refractivity contribution >= 4 is 0 Å². The molecule has 3 aromatic rings. The lowest BCUT2D eigenvalue weighted by Crippen LogP contribution is -2.38. The van der Waals surface area contributed by atoms with E-state index in [2.05, 4.69) is 109 Å². The van der Waals surface area contributed by atoms with Gasteiger partial charge in [-0.3, -0.25) is 0 Å². The molecule has 2 nitrogen and oxygen atoms in total. The molecule has 0 saturated carbocycles. The highest BCUT2D eigenvalue weighted by atomic mass is 15.1. The SMILES string of the molecule is CCCCCCCCCCCCCCC(n1cc[n+](CCCCCC)c1)C(C)(Cc1ccccc1)c1ccccc1. The first-order valence-electron chi connectivity index (χ1n) is 17.3. The number of aromatic nitrogens is 2. The van der Waals surface area contributed by atoms with E-state index in [0.717, 1.165) is 13.0 Å². The molecule has 2 atom stereocenters. The van der Waals surface area contributed by atoms with Gasteiger partial charge in [-0.05, 0) is 43.2 Å². The molecule has 1 heterocycles. The molecule has 1 aromatic heterocycles. The van der Waals surface area contributed by atoms with Crippen LogP contribution < -0.4 is 4.57 Å². The number of benzene rings is 2. The van der Waals surface area contributed by atoms with Gasteiger partial charge in [-0.15, -0.1) is 0 Å². The molecule has 0 fully saturated rings. The highest BCUT2D eigenvalue weighted by Gasteiger charge is 2.40. The third-order valence-corrected chi connectivity index (χ3v) is 9.26. The molecule has 2 aromatic carbocycles. The lowest BCUT2D eigenvalue weighted by molar-refractivity contribution is -0.697. The normalized spacial score (nSPS) is 13.7. The molecule has 0 aliphatic heterocycles. The summed E-state index contributed by atoms with van der Waals surface area (Å²) in [7, 11) is 0. The second-order valence-electron chi connectivity index (χ2n) is 12.8. The van der Waals surface area contributed by atoms with Gasteiger partial charge in [0.25, 0.3) is 0 Å². The largest absolute Gasteiger partial charge is 0.244 e. The topological polar surface area (TPSA) is 8.81 Å². The van der Waals surface area contributed by atoms with Gasteiger partial charge < -0.3 is 0 Å². The van der Waals surface area contributed by atoms with Crippen molar-refractivity contribution in [1.82, 2.24) is 4.57 Å². The molecule has 2 heteroatoms. The Morgan fingerprint density at radius 2 is 1.15 bits per heavy atom. The van der Waals surface area contributed by atoms with Crippen molar-refractivity contribution in [2.24, 2.45) is 0 Å². The maximum absolute atomic E-state index is 2.56. The minimum atomic E-state index is 0.0133. The number of hydrogen-bond donors (Lipinski definition) is 0. The number of nitrogens with zero attached hydrogens (tertiary/aromatic N) is 2. The maximum atomic E-state index is 2.56. The van der Waals surface area contributed by atoms with Crippen LogP contribution in [0.5, 0.6) is 0 Å². The lowest BCUT2D eigenvalue weighted by Gasteiger charge is -2.37. The second-order valence-corrected chi connectivity index (χ2v) is 12.8. The van der Waals surface area contributed by atoms with Crippen molar-refractivity contribution in [1.29, 1.82) is 0 Å². The zero-order valence-electron chi connectivity index (χ0n) is 26.9. The molecule has 0 N–H and O–H groups in total. The van der Waals surface area contributed by atoms with Crippen LogP contribution in [0.2, 0.25) is 0 Å². The van der Waals surface area contributed by atoms with E-state index in [9.17, 15) is 0 Å². The minimum absolute atomic E-state index is 0.0133. The van der Waals surface area contributed by atoms with Crippen LogP contribution in [0.15, 0.2) is 79.4 Å². The van der Waals surface area contributed by atoms with E-state index in [1.165, 1.54) is 120 Å². The zero-order valence-corrected chi connectivity index (χ0v) is 26.9. The van der Waals surface area contributed by atoms with E-state index in [-0.39, 0.29) is 5.41 Å². The van der Waals surface area contributed by atoms with Crippen LogP contribution in [0.4, 0.5) is 0 Å². The van der Waals surface area contributed by atoms with Gasteiger partial charge in [-0.25, -0.2) is 9.13 Å². The van der Waals surface area contributed by atoms with E-state index in [1.807, 2.05) is 0 Å². The molecule has 0 saturated heterocycles. The van der Waals surface area contributed by atoms with E-state index in [0.29, 0.717) is 6.04 Å². The Balaban J connectivity index is 1.65. The van der Waals surface area contributed by atoms with Gasteiger partial charge >= 0.3 is 0 Å². The summed E-state index contributed by atoms with van der Waals surface area (Å²) in [6.45, 7) is 8.24. The Labute approximate surface area is 253 Å².